The highest BCUT2D eigenvalue weighted by atomic mass is 16.5. The smallest absolute Gasteiger partial charge is 0.227 e. The standard InChI is InChI=1S/C15H19N3O2/c1-17(10-13-9-16-18(2)11-13)15(19)8-12-5-4-6-14(7-12)20-3/h4-7,9,11H,8,10H2,1-3H3. The minimum Gasteiger partial charge on any atom is -0.497 e. The molecule has 0 N–H and O–H groups in total. The Morgan fingerprint density at radius 2 is 2.20 bits per heavy atom. The van der Waals surface area contributed by atoms with Gasteiger partial charge in [-0.25, -0.2) is 0 Å². The molecule has 20 heavy (non-hydrogen) atoms. The molecule has 0 bridgehead atoms. The van der Waals surface area contributed by atoms with E-state index in [0.29, 0.717) is 13.0 Å². The molecule has 0 radical (unpaired) electrons. The average molecular weight is 273 g/mol. The highest BCUT2D eigenvalue weighted by Gasteiger charge is 2.11. The second kappa shape index (κ2) is 6.23. The van der Waals surface area contributed by atoms with Crippen LogP contribution in [0.25, 0.3) is 0 Å². The Kier molecular flexibility index (Phi) is 4.40. The first kappa shape index (κ1) is 14.1. The van der Waals surface area contributed by atoms with E-state index in [9.17, 15) is 4.79 Å². The number of methoxy groups -OCH3 is 1. The molecular weight excluding hydrogens is 254 g/mol. The van der Waals surface area contributed by atoms with Crippen LogP contribution in [0.3, 0.4) is 0 Å². The van der Waals surface area contributed by atoms with E-state index in [1.54, 1.807) is 29.9 Å². The van der Waals surface area contributed by atoms with E-state index in [1.165, 1.54) is 0 Å². The number of ether oxygens (including phenoxy) is 1. The van der Waals surface area contributed by atoms with Crippen molar-refractivity contribution in [3.05, 3.63) is 47.8 Å². The summed E-state index contributed by atoms with van der Waals surface area (Å²) in [5, 5.41) is 4.10. The molecule has 0 fully saturated rings. The van der Waals surface area contributed by atoms with Crippen molar-refractivity contribution in [2.75, 3.05) is 14.2 Å². The number of aromatic nitrogens is 2. The number of carbonyl (C=O) groups is 1. The summed E-state index contributed by atoms with van der Waals surface area (Å²) in [6.07, 6.45) is 4.05. The van der Waals surface area contributed by atoms with Crippen molar-refractivity contribution >= 4 is 5.91 Å². The summed E-state index contributed by atoms with van der Waals surface area (Å²) in [7, 11) is 5.28. The van der Waals surface area contributed by atoms with Crippen molar-refractivity contribution in [3.8, 4) is 5.75 Å². The number of hydrogen-bond donors (Lipinski definition) is 0. The molecule has 0 saturated carbocycles. The lowest BCUT2D eigenvalue weighted by molar-refractivity contribution is -0.129. The van der Waals surface area contributed by atoms with E-state index in [1.807, 2.05) is 37.5 Å². The summed E-state index contributed by atoms with van der Waals surface area (Å²) < 4.78 is 6.89. The van der Waals surface area contributed by atoms with Crippen molar-refractivity contribution in [2.24, 2.45) is 7.05 Å². The number of aryl methyl sites for hydroxylation is 1. The summed E-state index contributed by atoms with van der Waals surface area (Å²) in [5.74, 6) is 0.840. The summed E-state index contributed by atoms with van der Waals surface area (Å²) in [6, 6.07) is 7.57. The van der Waals surface area contributed by atoms with Crippen LogP contribution < -0.4 is 4.74 Å². The van der Waals surface area contributed by atoms with E-state index < -0.39 is 0 Å². The molecule has 0 aliphatic heterocycles. The number of likely N-dealkylation sites (N-methyl/N-ethyl adjacent to an activating group) is 1. The molecule has 1 aromatic carbocycles. The number of rotatable bonds is 5. The van der Waals surface area contributed by atoms with Gasteiger partial charge >= 0.3 is 0 Å². The molecule has 0 unspecified atom stereocenters. The van der Waals surface area contributed by atoms with E-state index in [-0.39, 0.29) is 5.91 Å². The van der Waals surface area contributed by atoms with Crippen LogP contribution in [0, 0.1) is 0 Å². The van der Waals surface area contributed by atoms with Crippen molar-refractivity contribution in [2.45, 2.75) is 13.0 Å². The maximum atomic E-state index is 12.2. The first-order chi connectivity index (χ1) is 9.58. The Morgan fingerprint density at radius 1 is 1.40 bits per heavy atom. The molecule has 1 amide bonds. The Morgan fingerprint density at radius 3 is 2.85 bits per heavy atom. The predicted octanol–water partition coefficient (Wildman–Crippen LogP) is 1.63. The van der Waals surface area contributed by atoms with E-state index in [0.717, 1.165) is 16.9 Å². The first-order valence-electron chi connectivity index (χ1n) is 6.43. The number of carbonyl (C=O) groups excluding carboxylic acids is 1. The van der Waals surface area contributed by atoms with Gasteiger partial charge in [-0.1, -0.05) is 12.1 Å². The lowest BCUT2D eigenvalue weighted by atomic mass is 10.1. The minimum absolute atomic E-state index is 0.0714. The van der Waals surface area contributed by atoms with Gasteiger partial charge in [-0.3, -0.25) is 9.48 Å². The third-order valence-corrected chi connectivity index (χ3v) is 3.09. The Labute approximate surface area is 118 Å². The summed E-state index contributed by atoms with van der Waals surface area (Å²) >= 11 is 0. The fourth-order valence-corrected chi connectivity index (χ4v) is 2.01. The molecule has 0 aliphatic rings. The fraction of sp³-hybridized carbons (Fsp3) is 0.333. The molecule has 0 spiro atoms. The van der Waals surface area contributed by atoms with Gasteiger partial charge in [0.2, 0.25) is 5.91 Å². The molecule has 5 heteroatoms. The van der Waals surface area contributed by atoms with Crippen molar-refractivity contribution in [1.29, 1.82) is 0 Å². The molecular formula is C15H19N3O2. The Balaban J connectivity index is 1.96. The van der Waals surface area contributed by atoms with Crippen molar-refractivity contribution < 1.29 is 9.53 Å². The second-order valence-corrected chi connectivity index (χ2v) is 4.80. The molecule has 5 nitrogen and oxygen atoms in total. The summed E-state index contributed by atoms with van der Waals surface area (Å²) in [6.45, 7) is 0.566. The van der Waals surface area contributed by atoms with Gasteiger partial charge in [-0.2, -0.15) is 5.10 Å². The molecule has 0 atom stereocenters. The lowest BCUT2D eigenvalue weighted by Crippen LogP contribution is -2.27. The minimum atomic E-state index is 0.0714. The van der Waals surface area contributed by atoms with Gasteiger partial charge in [0.25, 0.3) is 0 Å². The fourth-order valence-electron chi connectivity index (χ4n) is 2.01. The van der Waals surface area contributed by atoms with E-state index in [2.05, 4.69) is 5.10 Å². The third-order valence-electron chi connectivity index (χ3n) is 3.09. The van der Waals surface area contributed by atoms with Gasteiger partial charge in [0.15, 0.2) is 0 Å². The molecule has 0 aliphatic carbocycles. The SMILES string of the molecule is COc1cccc(CC(=O)N(C)Cc2cnn(C)c2)c1. The molecule has 1 aromatic heterocycles. The Bertz CT molecular complexity index is 592. The van der Waals surface area contributed by atoms with Gasteiger partial charge in [0.05, 0.1) is 19.7 Å². The van der Waals surface area contributed by atoms with E-state index >= 15 is 0 Å². The number of nitrogens with zero attached hydrogens (tertiary/aromatic N) is 3. The van der Waals surface area contributed by atoms with Crippen molar-refractivity contribution in [3.63, 3.8) is 0 Å². The molecule has 0 saturated heterocycles. The van der Waals surface area contributed by atoms with Crippen LogP contribution in [0.4, 0.5) is 0 Å². The van der Waals surface area contributed by atoms with Gasteiger partial charge in [-0.15, -0.1) is 0 Å². The quantitative estimate of drug-likeness (QED) is 0.832. The van der Waals surface area contributed by atoms with Crippen LogP contribution in [0.2, 0.25) is 0 Å². The van der Waals surface area contributed by atoms with Gasteiger partial charge in [0.1, 0.15) is 5.75 Å². The van der Waals surface area contributed by atoms with Gasteiger partial charge < -0.3 is 9.64 Å². The average Bonchev–Trinajstić information content (AvgIpc) is 2.84. The maximum Gasteiger partial charge on any atom is 0.227 e. The van der Waals surface area contributed by atoms with Crippen LogP contribution in [0.15, 0.2) is 36.7 Å². The maximum absolute atomic E-state index is 12.2. The summed E-state index contributed by atoms with van der Waals surface area (Å²) in [4.78, 5) is 13.9. The molecule has 2 rings (SSSR count). The zero-order chi connectivity index (χ0) is 14.5. The summed E-state index contributed by atoms with van der Waals surface area (Å²) in [5.41, 5.74) is 1.97. The highest BCUT2D eigenvalue weighted by Crippen LogP contribution is 2.14. The monoisotopic (exact) mass is 273 g/mol. The normalized spacial score (nSPS) is 10.3. The first-order valence-corrected chi connectivity index (χ1v) is 6.43. The van der Waals surface area contributed by atoms with E-state index in [4.69, 9.17) is 4.74 Å². The zero-order valence-electron chi connectivity index (χ0n) is 12.0. The zero-order valence-corrected chi connectivity index (χ0v) is 12.0. The van der Waals surface area contributed by atoms with Crippen LogP contribution in [0.5, 0.6) is 5.75 Å². The lowest BCUT2D eigenvalue weighted by Gasteiger charge is -2.16. The van der Waals surface area contributed by atoms with Crippen LogP contribution >= 0.6 is 0 Å². The van der Waals surface area contributed by atoms with Crippen LogP contribution in [-0.2, 0) is 24.8 Å². The Hall–Kier alpha value is -2.30. The largest absolute Gasteiger partial charge is 0.497 e. The molecule has 2 aromatic rings. The number of benzene rings is 1. The third kappa shape index (κ3) is 3.60. The number of hydrogen-bond acceptors (Lipinski definition) is 3. The molecule has 1 heterocycles. The van der Waals surface area contributed by atoms with Crippen LogP contribution in [0.1, 0.15) is 11.1 Å². The predicted molar refractivity (Wildman–Crippen MR) is 76.4 cm³/mol. The van der Waals surface area contributed by atoms with Gasteiger partial charge in [0, 0.05) is 32.4 Å². The highest BCUT2D eigenvalue weighted by molar-refractivity contribution is 5.78. The topological polar surface area (TPSA) is 47.4 Å². The molecule has 106 valence electrons. The van der Waals surface area contributed by atoms with Crippen LogP contribution in [-0.4, -0.2) is 34.7 Å². The number of amides is 1. The van der Waals surface area contributed by atoms with Gasteiger partial charge in [-0.05, 0) is 17.7 Å². The van der Waals surface area contributed by atoms with Crippen molar-refractivity contribution in [1.82, 2.24) is 14.7 Å². The second-order valence-electron chi connectivity index (χ2n) is 4.80.